The van der Waals surface area contributed by atoms with Crippen LogP contribution in [0.1, 0.15) is 71.3 Å². The van der Waals surface area contributed by atoms with Crippen molar-refractivity contribution in [2.45, 2.75) is 133 Å². The van der Waals surface area contributed by atoms with Crippen LogP contribution in [-0.2, 0) is 64.0 Å². The number of aliphatic carboxylic acids is 1. The van der Waals surface area contributed by atoms with Gasteiger partial charge in [0.15, 0.2) is 0 Å². The number of thioether (sulfide) groups is 2. The monoisotopic (exact) mass is 1140 g/mol. The molecule has 10 atom stereocenters. The van der Waals surface area contributed by atoms with E-state index in [9.17, 15) is 67.7 Å². The summed E-state index contributed by atoms with van der Waals surface area (Å²) in [4.78, 5) is 162. The molecule has 2 aromatic rings. The number of carbonyl (C=O) groups excluding carboxylic acids is 11. The fraction of sp³-hybridized carbons (Fsp3) is 0.574. The van der Waals surface area contributed by atoms with Crippen molar-refractivity contribution in [3.63, 3.8) is 0 Å². The minimum absolute atomic E-state index is 0.00196. The average Bonchev–Trinajstić information content (AvgIpc) is 3.76. The Labute approximate surface area is 458 Å². The Morgan fingerprint density at radius 3 is 1.47 bits per heavy atom. The minimum Gasteiger partial charge on any atom is -0.480 e. The molecule has 1 aromatic carbocycles. The number of aliphatic hydroxyl groups excluding tert-OH is 1. The van der Waals surface area contributed by atoms with Gasteiger partial charge in [-0.15, -0.1) is 0 Å². The summed E-state index contributed by atoms with van der Waals surface area (Å²) in [7, 11) is 0. The van der Waals surface area contributed by atoms with Crippen molar-refractivity contribution in [1.82, 2.24) is 47.5 Å². The van der Waals surface area contributed by atoms with Gasteiger partial charge in [0.2, 0.25) is 65.0 Å². The quantitative estimate of drug-likeness (QED) is 0.0288. The Balaban J connectivity index is 2.53. The van der Waals surface area contributed by atoms with Crippen LogP contribution in [0, 0.1) is 5.92 Å². The van der Waals surface area contributed by atoms with Gasteiger partial charge in [0.25, 0.3) is 0 Å². The lowest BCUT2D eigenvalue weighted by Gasteiger charge is -2.28. The summed E-state index contributed by atoms with van der Waals surface area (Å²) in [6, 6.07) is -6.97. The lowest BCUT2D eigenvalue weighted by molar-refractivity contribution is -0.143. The molecule has 30 heteroatoms. The molecule has 77 heavy (non-hydrogen) atoms. The summed E-state index contributed by atoms with van der Waals surface area (Å²) in [6.45, 7) is 4.61. The van der Waals surface area contributed by atoms with Crippen LogP contribution in [0.5, 0.6) is 0 Å². The molecule has 0 aliphatic heterocycles. The van der Waals surface area contributed by atoms with E-state index in [1.54, 1.807) is 56.8 Å². The van der Waals surface area contributed by atoms with Crippen molar-refractivity contribution in [2.75, 3.05) is 29.8 Å². The van der Waals surface area contributed by atoms with Crippen molar-refractivity contribution in [1.29, 1.82) is 0 Å². The molecule has 1 heterocycles. The second kappa shape index (κ2) is 33.5. The summed E-state index contributed by atoms with van der Waals surface area (Å²) in [5, 5.41) is 40.4. The number of nitrogens with two attached hydrogens (primary N) is 4. The molecule has 11 amide bonds. The van der Waals surface area contributed by atoms with Gasteiger partial charge in [0.05, 0.1) is 25.0 Å². The van der Waals surface area contributed by atoms with Gasteiger partial charge in [-0.3, -0.25) is 52.7 Å². The summed E-state index contributed by atoms with van der Waals surface area (Å²) in [6.07, 6.45) is 0.375. The first-order chi connectivity index (χ1) is 36.2. The van der Waals surface area contributed by atoms with Gasteiger partial charge in [-0.2, -0.15) is 36.2 Å². The van der Waals surface area contributed by atoms with E-state index in [-0.39, 0.29) is 43.1 Å². The molecule has 0 bridgehead atoms. The Kier molecular flexibility index (Phi) is 28.9. The Morgan fingerprint density at radius 2 is 1.01 bits per heavy atom. The average molecular weight is 1140 g/mol. The number of aromatic amines is 1. The third kappa shape index (κ3) is 23.2. The van der Waals surface area contributed by atoms with Crippen LogP contribution < -0.4 is 65.5 Å². The molecule has 0 saturated carbocycles. The SMILES string of the molecule is CSCC[C@H](NC(=O)[C@H](CCC(N)=O)NC(=O)[C@H](CC(N)=O)NC(=O)[C@H](Cc1c[nH]c2ccccc12)NC(=O)[C@@H](NC(=O)[C@H](CCSC)NC(=O)[C@@H](N)CS)[C@@H](C)O)C(=O)N[C@@H](CC(N)=O)C(=O)N[C@@H](CC(C)C)C(=O)O. The number of rotatable bonds is 36. The highest BCUT2D eigenvalue weighted by atomic mass is 32.2. The number of benzene rings is 1. The highest BCUT2D eigenvalue weighted by molar-refractivity contribution is 7.98. The third-order valence-corrected chi connectivity index (χ3v) is 13.2. The maximum Gasteiger partial charge on any atom is 0.326 e. The van der Waals surface area contributed by atoms with Crippen LogP contribution in [0.3, 0.4) is 0 Å². The Bertz CT molecular complexity index is 2410. The van der Waals surface area contributed by atoms with Crippen LogP contribution in [0.2, 0.25) is 0 Å². The van der Waals surface area contributed by atoms with E-state index in [1.807, 2.05) is 0 Å². The first-order valence-corrected chi connectivity index (χ1v) is 27.7. The van der Waals surface area contributed by atoms with Crippen molar-refractivity contribution in [3.8, 4) is 0 Å². The molecule has 0 fully saturated rings. The fourth-order valence-electron chi connectivity index (χ4n) is 7.45. The van der Waals surface area contributed by atoms with E-state index in [0.717, 1.165) is 0 Å². The number of para-hydroxylation sites is 1. The molecule has 1 aromatic heterocycles. The molecule has 27 nitrogen and oxygen atoms in total. The minimum atomic E-state index is -1.89. The highest BCUT2D eigenvalue weighted by Gasteiger charge is 2.37. The van der Waals surface area contributed by atoms with Crippen LogP contribution >= 0.6 is 36.2 Å². The van der Waals surface area contributed by atoms with Gasteiger partial charge in [0, 0.05) is 35.7 Å². The van der Waals surface area contributed by atoms with Crippen molar-refractivity contribution in [2.24, 2.45) is 28.9 Å². The number of primary amides is 3. The molecule has 2 rings (SSSR count). The number of nitrogens with one attached hydrogen (secondary N) is 9. The Hall–Kier alpha value is -6.63. The summed E-state index contributed by atoms with van der Waals surface area (Å²) in [5.41, 5.74) is 23.2. The standard InChI is InChI=1S/C47H73N13O14S3/c1-22(2)16-34(47(73)74)59-45(71)33(19-37(51)64)56-41(67)29(12-14-76-4)55-40(66)28(10-11-35(49)62)54-44(70)32(18-36(50)63)57-43(69)31(17-24-20-52-27-9-7-6-8-25(24)27)58-46(72)38(23(3)61)60-42(68)30(13-15-77-5)53-39(65)26(48)21-75/h6-9,20,22-23,26,28-34,38,52,61,75H,10-19,21,48H2,1-5H3,(H2,49,62)(H2,50,63)(H2,51,64)(H,53,65)(H,54,70)(H,55,66)(H,56,67)(H,57,69)(H,58,72)(H,59,71)(H,60,68)(H,73,74)/t23-,26+,28+,29+,30+,31+,32+,33+,34+,38+/m1/s1. The van der Waals surface area contributed by atoms with E-state index < -0.39 is 157 Å². The lowest BCUT2D eigenvalue weighted by Crippen LogP contribution is -2.62. The molecule has 0 aliphatic rings. The summed E-state index contributed by atoms with van der Waals surface area (Å²) in [5.74, 6) is -12.3. The summed E-state index contributed by atoms with van der Waals surface area (Å²) < 4.78 is 0. The number of thiol groups is 1. The predicted molar refractivity (Wildman–Crippen MR) is 290 cm³/mol. The van der Waals surface area contributed by atoms with Crippen LogP contribution in [0.15, 0.2) is 30.5 Å². The largest absolute Gasteiger partial charge is 0.480 e. The van der Waals surface area contributed by atoms with Crippen LogP contribution in [0.25, 0.3) is 10.9 Å². The van der Waals surface area contributed by atoms with E-state index in [2.05, 4.69) is 60.1 Å². The number of H-pyrrole nitrogens is 1. The van der Waals surface area contributed by atoms with E-state index in [1.165, 1.54) is 30.4 Å². The van der Waals surface area contributed by atoms with Gasteiger partial charge < -0.3 is 80.7 Å². The van der Waals surface area contributed by atoms with Crippen LogP contribution in [0.4, 0.5) is 0 Å². The van der Waals surface area contributed by atoms with Gasteiger partial charge >= 0.3 is 5.97 Å². The number of hydrogen-bond acceptors (Lipinski definition) is 17. The highest BCUT2D eigenvalue weighted by Crippen LogP contribution is 2.20. The molecule has 0 spiro atoms. The fourth-order valence-corrected chi connectivity index (χ4v) is 8.56. The number of aromatic nitrogens is 1. The Morgan fingerprint density at radius 1 is 0.584 bits per heavy atom. The molecule has 0 unspecified atom stereocenters. The molecule has 0 aliphatic carbocycles. The normalized spacial score (nSPS) is 15.1. The number of hydrogen-bond donors (Lipinski definition) is 16. The predicted octanol–water partition coefficient (Wildman–Crippen LogP) is -4.12. The van der Waals surface area contributed by atoms with E-state index >= 15 is 0 Å². The maximum atomic E-state index is 14.4. The number of carbonyl (C=O) groups is 12. The second-order valence-electron chi connectivity index (χ2n) is 18.4. The van der Waals surface area contributed by atoms with E-state index in [4.69, 9.17) is 22.9 Å². The molecular formula is C47H73N13O14S3. The molecule has 428 valence electrons. The number of amides is 11. The number of carboxylic acid groups (broad SMARTS) is 1. The van der Waals surface area contributed by atoms with Crippen molar-refractivity contribution in [3.05, 3.63) is 36.0 Å². The third-order valence-electron chi connectivity index (χ3n) is 11.5. The zero-order valence-corrected chi connectivity index (χ0v) is 45.9. The molecule has 19 N–H and O–H groups in total. The zero-order chi connectivity index (χ0) is 58.1. The molecule has 0 radical (unpaired) electrons. The van der Waals surface area contributed by atoms with Crippen molar-refractivity contribution < 1.29 is 67.7 Å². The molecule has 0 saturated heterocycles. The van der Waals surface area contributed by atoms with Gasteiger partial charge in [-0.1, -0.05) is 32.0 Å². The molecular weight excluding hydrogens is 1070 g/mol. The number of aliphatic hydroxyl groups is 1. The van der Waals surface area contributed by atoms with Gasteiger partial charge in [0.1, 0.15) is 48.3 Å². The lowest BCUT2D eigenvalue weighted by atomic mass is 10.0. The first-order valence-electron chi connectivity index (χ1n) is 24.3. The van der Waals surface area contributed by atoms with Crippen molar-refractivity contribution >= 4 is 118 Å². The van der Waals surface area contributed by atoms with Gasteiger partial charge in [-0.05, 0) is 74.2 Å². The van der Waals surface area contributed by atoms with Gasteiger partial charge in [-0.25, -0.2) is 4.79 Å². The second-order valence-corrected chi connectivity index (χ2v) is 20.7. The number of carboxylic acids is 1. The maximum absolute atomic E-state index is 14.4. The van der Waals surface area contributed by atoms with Crippen LogP contribution in [-0.4, -0.2) is 176 Å². The smallest absolute Gasteiger partial charge is 0.326 e. The van der Waals surface area contributed by atoms with E-state index in [0.29, 0.717) is 22.2 Å². The summed E-state index contributed by atoms with van der Waals surface area (Å²) >= 11 is 6.64. The first kappa shape index (κ1) is 66.5. The number of fused-ring (bicyclic) bond motifs is 1. The topological polar surface area (TPSA) is 461 Å². The zero-order valence-electron chi connectivity index (χ0n) is 43.4.